The third kappa shape index (κ3) is 5.32. The summed E-state index contributed by atoms with van der Waals surface area (Å²) in [4.78, 5) is 12.9. The minimum atomic E-state index is -0.238. The summed E-state index contributed by atoms with van der Waals surface area (Å²) < 4.78 is 5.68. The number of methoxy groups -OCH3 is 1. The number of halogens is 1. The Balaban J connectivity index is 0.00000163. The standard InChI is InChI=1S/C17H18BrN3O2S.C2H6/c1-9(10(2)19)13-14(18)15(24-16(13)20)17(22)21-8-11-4-6-12(23-3)7-5-11;1-2/h4-7,19-20H,8H2,1-3H3,(H,21,22);1-2H3/b13-9-,19-10?,20-16?;. The molecule has 0 atom stereocenters. The summed E-state index contributed by atoms with van der Waals surface area (Å²) in [6, 6.07) is 7.46. The summed E-state index contributed by atoms with van der Waals surface area (Å²) >= 11 is 4.52. The van der Waals surface area contributed by atoms with Crippen molar-refractivity contribution < 1.29 is 9.53 Å². The third-order valence-electron chi connectivity index (χ3n) is 3.61. The summed E-state index contributed by atoms with van der Waals surface area (Å²) in [5.41, 5.74) is 2.65. The number of benzene rings is 1. The van der Waals surface area contributed by atoms with E-state index in [-0.39, 0.29) is 11.0 Å². The molecule has 1 heterocycles. The zero-order valence-corrected chi connectivity index (χ0v) is 18.0. The number of amides is 1. The number of allylic oxidation sites excluding steroid dienone is 2. The normalized spacial score (nSPS) is 15.2. The van der Waals surface area contributed by atoms with Gasteiger partial charge in [0.05, 0.1) is 12.0 Å². The van der Waals surface area contributed by atoms with Crippen LogP contribution in [0.15, 0.2) is 44.8 Å². The van der Waals surface area contributed by atoms with Gasteiger partial charge in [0.2, 0.25) is 0 Å². The van der Waals surface area contributed by atoms with E-state index < -0.39 is 0 Å². The molecule has 0 radical (unpaired) electrons. The molecule has 0 aromatic heterocycles. The summed E-state index contributed by atoms with van der Waals surface area (Å²) in [6.07, 6.45) is 0. The third-order valence-corrected chi connectivity index (χ3v) is 5.66. The van der Waals surface area contributed by atoms with E-state index in [1.807, 2.05) is 38.1 Å². The second kappa shape index (κ2) is 10.3. The molecule has 1 amide bonds. The van der Waals surface area contributed by atoms with Gasteiger partial charge in [0.15, 0.2) is 0 Å². The summed E-state index contributed by atoms with van der Waals surface area (Å²) in [6.45, 7) is 7.84. The van der Waals surface area contributed by atoms with E-state index in [4.69, 9.17) is 15.6 Å². The number of nitrogens with one attached hydrogen (secondary N) is 3. The van der Waals surface area contributed by atoms with Crippen LogP contribution in [0.25, 0.3) is 0 Å². The Morgan fingerprint density at radius 3 is 2.31 bits per heavy atom. The number of hydrogen-bond acceptors (Lipinski definition) is 5. The number of thioether (sulfide) groups is 1. The van der Waals surface area contributed by atoms with Crippen molar-refractivity contribution in [3.05, 3.63) is 50.4 Å². The number of rotatable bonds is 5. The first-order valence-corrected chi connectivity index (χ1v) is 9.80. The molecule has 0 aliphatic carbocycles. The fourth-order valence-corrected chi connectivity index (χ4v) is 4.05. The molecule has 1 aromatic carbocycles. The van der Waals surface area contributed by atoms with Gasteiger partial charge < -0.3 is 15.5 Å². The van der Waals surface area contributed by atoms with Crippen molar-refractivity contribution in [2.45, 2.75) is 34.2 Å². The average Bonchev–Trinajstić information content (AvgIpc) is 2.95. The zero-order valence-electron chi connectivity index (χ0n) is 15.6. The van der Waals surface area contributed by atoms with E-state index in [9.17, 15) is 4.79 Å². The van der Waals surface area contributed by atoms with Crippen LogP contribution >= 0.6 is 27.7 Å². The Morgan fingerprint density at radius 2 is 1.81 bits per heavy atom. The SMILES string of the molecule is CC.COc1ccc(CNC(=O)C2=C(Br)/C(=C(\C)C(C)=N)C(=N)S2)cc1. The highest BCUT2D eigenvalue weighted by atomic mass is 79.9. The van der Waals surface area contributed by atoms with Crippen molar-refractivity contribution in [1.82, 2.24) is 5.32 Å². The lowest BCUT2D eigenvalue weighted by Crippen LogP contribution is -2.23. The predicted molar refractivity (Wildman–Crippen MR) is 114 cm³/mol. The summed E-state index contributed by atoms with van der Waals surface area (Å²) in [5, 5.41) is 18.9. The molecule has 0 spiro atoms. The first-order chi connectivity index (χ1) is 12.3. The van der Waals surface area contributed by atoms with Crippen LogP contribution in [0.4, 0.5) is 0 Å². The molecule has 3 N–H and O–H groups in total. The van der Waals surface area contributed by atoms with Crippen molar-refractivity contribution in [2.75, 3.05) is 7.11 Å². The molecule has 1 aromatic rings. The lowest BCUT2D eigenvalue weighted by Gasteiger charge is -2.07. The number of carbonyl (C=O) groups is 1. The Hall–Kier alpha value is -1.86. The molecule has 0 unspecified atom stereocenters. The number of carbonyl (C=O) groups excluding carboxylic acids is 1. The maximum atomic E-state index is 12.4. The highest BCUT2D eigenvalue weighted by Gasteiger charge is 2.30. The van der Waals surface area contributed by atoms with Crippen LogP contribution < -0.4 is 10.1 Å². The monoisotopic (exact) mass is 437 g/mol. The van der Waals surface area contributed by atoms with Crippen molar-refractivity contribution in [3.8, 4) is 5.75 Å². The topological polar surface area (TPSA) is 86.0 Å². The van der Waals surface area contributed by atoms with E-state index in [1.165, 1.54) is 0 Å². The molecule has 7 heteroatoms. The molecule has 0 bridgehead atoms. The minimum Gasteiger partial charge on any atom is -0.497 e. The predicted octanol–water partition coefficient (Wildman–Crippen LogP) is 5.02. The van der Waals surface area contributed by atoms with Gasteiger partial charge in [-0.2, -0.15) is 0 Å². The van der Waals surface area contributed by atoms with Gasteiger partial charge >= 0.3 is 0 Å². The lowest BCUT2D eigenvalue weighted by molar-refractivity contribution is -0.116. The first kappa shape index (κ1) is 22.2. The first-order valence-electron chi connectivity index (χ1n) is 8.19. The zero-order chi connectivity index (χ0) is 19.9. The van der Waals surface area contributed by atoms with E-state index in [0.717, 1.165) is 23.1 Å². The number of hydrogen-bond donors (Lipinski definition) is 3. The Morgan fingerprint density at radius 1 is 1.23 bits per heavy atom. The highest BCUT2D eigenvalue weighted by molar-refractivity contribution is 9.12. The minimum absolute atomic E-state index is 0.238. The quantitative estimate of drug-likeness (QED) is 0.564. The van der Waals surface area contributed by atoms with Crippen molar-refractivity contribution >= 4 is 44.4 Å². The molecule has 0 saturated carbocycles. The molecule has 0 saturated heterocycles. The van der Waals surface area contributed by atoms with E-state index in [2.05, 4.69) is 21.2 Å². The van der Waals surface area contributed by atoms with Gasteiger partial charge in [0.1, 0.15) is 10.8 Å². The van der Waals surface area contributed by atoms with E-state index in [1.54, 1.807) is 21.0 Å². The molecule has 140 valence electrons. The van der Waals surface area contributed by atoms with Gasteiger partial charge in [-0.05, 0) is 53.0 Å². The Kier molecular flexibility index (Phi) is 8.81. The van der Waals surface area contributed by atoms with E-state index >= 15 is 0 Å². The van der Waals surface area contributed by atoms with Crippen molar-refractivity contribution in [1.29, 1.82) is 10.8 Å². The van der Waals surface area contributed by atoms with Crippen molar-refractivity contribution in [2.24, 2.45) is 0 Å². The summed E-state index contributed by atoms with van der Waals surface area (Å²) in [7, 11) is 1.61. The van der Waals surface area contributed by atoms with Gasteiger partial charge in [-0.3, -0.25) is 10.2 Å². The van der Waals surface area contributed by atoms with E-state index in [0.29, 0.717) is 32.8 Å². The maximum Gasteiger partial charge on any atom is 0.259 e. The van der Waals surface area contributed by atoms with Gasteiger partial charge in [-0.25, -0.2) is 0 Å². The molecule has 1 aliphatic rings. The molecule has 5 nitrogen and oxygen atoms in total. The van der Waals surface area contributed by atoms with Gasteiger partial charge in [0, 0.05) is 22.3 Å². The second-order valence-corrected chi connectivity index (χ2v) is 7.04. The highest BCUT2D eigenvalue weighted by Crippen LogP contribution is 2.42. The van der Waals surface area contributed by atoms with Crippen LogP contribution in [0.1, 0.15) is 33.3 Å². The fraction of sp³-hybridized carbons (Fsp3) is 0.316. The second-order valence-electron chi connectivity index (χ2n) is 5.23. The largest absolute Gasteiger partial charge is 0.497 e. The molecule has 0 fully saturated rings. The number of ether oxygens (including phenoxy) is 1. The van der Waals surface area contributed by atoms with Crippen LogP contribution in [0, 0.1) is 10.8 Å². The smallest absolute Gasteiger partial charge is 0.259 e. The van der Waals surface area contributed by atoms with Crippen molar-refractivity contribution in [3.63, 3.8) is 0 Å². The Bertz CT molecular complexity index is 767. The molecular weight excluding hydrogens is 414 g/mol. The van der Waals surface area contributed by atoms with Crippen LogP contribution in [-0.4, -0.2) is 23.8 Å². The van der Waals surface area contributed by atoms with Crippen LogP contribution in [-0.2, 0) is 11.3 Å². The van der Waals surface area contributed by atoms with Gasteiger partial charge in [-0.1, -0.05) is 37.7 Å². The van der Waals surface area contributed by atoms with Crippen LogP contribution in [0.5, 0.6) is 5.75 Å². The van der Waals surface area contributed by atoms with Crippen LogP contribution in [0.3, 0.4) is 0 Å². The molecule has 1 aliphatic heterocycles. The average molecular weight is 438 g/mol. The lowest BCUT2D eigenvalue weighted by atomic mass is 10.1. The van der Waals surface area contributed by atoms with Gasteiger partial charge in [-0.15, -0.1) is 0 Å². The molecule has 2 rings (SSSR count). The maximum absolute atomic E-state index is 12.4. The van der Waals surface area contributed by atoms with Crippen LogP contribution in [0.2, 0.25) is 0 Å². The summed E-state index contributed by atoms with van der Waals surface area (Å²) in [5.74, 6) is 0.528. The van der Waals surface area contributed by atoms with Gasteiger partial charge in [0.25, 0.3) is 5.91 Å². The molecule has 26 heavy (non-hydrogen) atoms. The Labute approximate surface area is 167 Å². The fourth-order valence-electron chi connectivity index (χ4n) is 2.09. The molecular formula is C19H24BrN3O2S.